The molecule has 2 rings (SSSR count). The molecule has 8 heteroatoms. The van der Waals surface area contributed by atoms with Crippen LogP contribution in [0.25, 0.3) is 0 Å². The van der Waals surface area contributed by atoms with Crippen LogP contribution in [0.15, 0.2) is 27.1 Å². The summed E-state index contributed by atoms with van der Waals surface area (Å²) in [6, 6.07) is 2.76. The molecule has 0 aliphatic heterocycles. The second-order valence-corrected chi connectivity index (χ2v) is 5.35. The van der Waals surface area contributed by atoms with Gasteiger partial charge in [-0.2, -0.15) is 5.10 Å². The van der Waals surface area contributed by atoms with Crippen molar-refractivity contribution in [1.29, 1.82) is 0 Å². The number of nitrogens with zero attached hydrogens (tertiary/aromatic N) is 2. The highest BCUT2D eigenvalue weighted by atomic mass is 79.9. The molecule has 0 spiro atoms. The fourth-order valence-corrected chi connectivity index (χ4v) is 2.27. The number of nitrogen functional groups attached to an aromatic ring is 1. The number of nitrogens with two attached hydrogens (primary N) is 1. The molecule has 4 nitrogen and oxygen atoms in total. The summed E-state index contributed by atoms with van der Waals surface area (Å²) >= 11 is 10.2. The van der Waals surface area contributed by atoms with Crippen LogP contribution in [0, 0.1) is 5.82 Å². The lowest BCUT2D eigenvalue weighted by atomic mass is 10.2. The zero-order chi connectivity index (χ0) is 13.1. The van der Waals surface area contributed by atoms with Crippen molar-refractivity contribution in [3.05, 3.63) is 38.4 Å². The molecule has 3 N–H and O–H groups in total. The van der Waals surface area contributed by atoms with E-state index >= 15 is 0 Å². The van der Waals surface area contributed by atoms with Gasteiger partial charge in [0, 0.05) is 15.4 Å². The van der Waals surface area contributed by atoms with E-state index in [-0.39, 0.29) is 5.02 Å². The Bertz CT molecular complexity index is 602. The third-order valence-electron chi connectivity index (χ3n) is 1.93. The summed E-state index contributed by atoms with van der Waals surface area (Å²) < 4.78 is 13.7. The zero-order valence-electron chi connectivity index (χ0n) is 8.82. The summed E-state index contributed by atoms with van der Waals surface area (Å²) in [4.78, 5) is 3.97. The first-order valence-corrected chi connectivity index (χ1v) is 6.76. The Labute approximate surface area is 120 Å². The molecule has 0 saturated carbocycles. The minimum atomic E-state index is -0.485. The van der Waals surface area contributed by atoms with Gasteiger partial charge < -0.3 is 5.73 Å². The summed E-state index contributed by atoms with van der Waals surface area (Å²) in [7, 11) is 0. The summed E-state index contributed by atoms with van der Waals surface area (Å²) in [6.45, 7) is 0. The lowest BCUT2D eigenvalue weighted by molar-refractivity contribution is 0.627. The summed E-state index contributed by atoms with van der Waals surface area (Å²) in [5, 5.41) is 6.28. The van der Waals surface area contributed by atoms with Crippen molar-refractivity contribution in [3.63, 3.8) is 0 Å². The first-order chi connectivity index (χ1) is 8.56. The third-order valence-corrected chi connectivity index (χ3v) is 3.67. The zero-order valence-corrected chi connectivity index (χ0v) is 12.0. The summed E-state index contributed by atoms with van der Waals surface area (Å²) in [6.07, 6.45) is 1.51. The van der Waals surface area contributed by atoms with Crippen molar-refractivity contribution < 1.29 is 4.39 Å². The van der Waals surface area contributed by atoms with Crippen LogP contribution in [0.2, 0.25) is 5.02 Å². The molecule has 18 heavy (non-hydrogen) atoms. The molecule has 0 atom stereocenters. The molecule has 2 aromatic rings. The number of nitrogens with one attached hydrogen (secondary N) is 1. The molecule has 0 radical (unpaired) electrons. The number of rotatable bonds is 3. The number of hydrazone groups is 1. The standard InChI is InChI=1S/C10H7BrClFN4S/c11-6-2-8(13)7(12)1-5(6)3-15-17-10-16-9(14)4-18-10/h1-4H,14H2,(H,16,17). The quantitative estimate of drug-likeness (QED) is 0.504. The Hall–Kier alpha value is -1.18. The van der Waals surface area contributed by atoms with E-state index in [1.54, 1.807) is 5.38 Å². The van der Waals surface area contributed by atoms with Gasteiger partial charge in [0.05, 0.1) is 11.2 Å². The number of benzene rings is 1. The van der Waals surface area contributed by atoms with Gasteiger partial charge in [-0.25, -0.2) is 9.37 Å². The molecule has 0 saturated heterocycles. The number of hydrogen-bond acceptors (Lipinski definition) is 5. The van der Waals surface area contributed by atoms with Crippen molar-refractivity contribution in [3.8, 4) is 0 Å². The second kappa shape index (κ2) is 5.64. The van der Waals surface area contributed by atoms with E-state index in [0.717, 1.165) is 0 Å². The molecular weight excluding hydrogens is 343 g/mol. The fraction of sp³-hybridized carbons (Fsp3) is 0. The van der Waals surface area contributed by atoms with Crippen LogP contribution in [-0.4, -0.2) is 11.2 Å². The molecule has 0 fully saturated rings. The maximum atomic E-state index is 13.1. The maximum absolute atomic E-state index is 13.1. The van der Waals surface area contributed by atoms with Crippen molar-refractivity contribution >= 4 is 56.0 Å². The molecule has 0 amide bonds. The molecular formula is C10H7BrClFN4S. The number of anilines is 2. The van der Waals surface area contributed by atoms with E-state index in [2.05, 4.69) is 31.4 Å². The van der Waals surface area contributed by atoms with Crippen LogP contribution in [0.1, 0.15) is 5.56 Å². The lowest BCUT2D eigenvalue weighted by Gasteiger charge is -2.00. The Balaban J connectivity index is 2.11. The molecule has 0 aliphatic carbocycles. The molecule has 94 valence electrons. The van der Waals surface area contributed by atoms with Crippen LogP contribution in [0.5, 0.6) is 0 Å². The highest BCUT2D eigenvalue weighted by molar-refractivity contribution is 9.10. The minimum Gasteiger partial charge on any atom is -0.383 e. The van der Waals surface area contributed by atoms with Gasteiger partial charge >= 0.3 is 0 Å². The van der Waals surface area contributed by atoms with Crippen LogP contribution < -0.4 is 11.2 Å². The summed E-state index contributed by atoms with van der Waals surface area (Å²) in [5.74, 6) is -0.0509. The highest BCUT2D eigenvalue weighted by Gasteiger charge is 2.05. The first kappa shape index (κ1) is 13.3. The van der Waals surface area contributed by atoms with Gasteiger partial charge in [-0.05, 0) is 12.1 Å². The minimum absolute atomic E-state index is 0.0399. The van der Waals surface area contributed by atoms with Gasteiger partial charge in [0.15, 0.2) is 0 Å². The number of aromatic nitrogens is 1. The van der Waals surface area contributed by atoms with Crippen molar-refractivity contribution in [2.45, 2.75) is 0 Å². The van der Waals surface area contributed by atoms with Gasteiger partial charge in [-0.1, -0.05) is 27.5 Å². The Kier molecular flexibility index (Phi) is 4.15. The Morgan fingerprint density at radius 1 is 1.56 bits per heavy atom. The van der Waals surface area contributed by atoms with Crippen molar-refractivity contribution in [1.82, 2.24) is 4.98 Å². The number of halogens is 3. The van der Waals surface area contributed by atoms with E-state index in [0.29, 0.717) is 21.0 Å². The molecule has 1 aromatic heterocycles. The Morgan fingerprint density at radius 2 is 2.33 bits per heavy atom. The van der Waals surface area contributed by atoms with Crippen molar-refractivity contribution in [2.24, 2.45) is 5.10 Å². The lowest BCUT2D eigenvalue weighted by Crippen LogP contribution is -1.93. The van der Waals surface area contributed by atoms with E-state index in [4.69, 9.17) is 17.3 Å². The SMILES string of the molecule is Nc1csc(NN=Cc2cc(Cl)c(F)cc2Br)n1. The average Bonchev–Trinajstić information content (AvgIpc) is 2.71. The molecule has 0 unspecified atom stereocenters. The number of hydrogen-bond donors (Lipinski definition) is 2. The normalized spacial score (nSPS) is 11.1. The van der Waals surface area contributed by atoms with E-state index in [1.165, 1.54) is 29.7 Å². The predicted octanol–water partition coefficient (Wildman–Crippen LogP) is 3.73. The van der Waals surface area contributed by atoms with Crippen LogP contribution in [0.4, 0.5) is 15.3 Å². The second-order valence-electron chi connectivity index (χ2n) is 3.24. The van der Waals surface area contributed by atoms with E-state index < -0.39 is 5.82 Å². The Morgan fingerprint density at radius 3 is 3.00 bits per heavy atom. The number of thiazole rings is 1. The van der Waals surface area contributed by atoms with Gasteiger partial charge in [0.25, 0.3) is 0 Å². The van der Waals surface area contributed by atoms with Crippen molar-refractivity contribution in [2.75, 3.05) is 11.2 Å². The molecule has 0 bridgehead atoms. The molecule has 0 aliphatic rings. The average molecular weight is 350 g/mol. The van der Waals surface area contributed by atoms with Gasteiger partial charge in [0.2, 0.25) is 5.13 Å². The molecule has 1 heterocycles. The molecule has 1 aromatic carbocycles. The monoisotopic (exact) mass is 348 g/mol. The van der Waals surface area contributed by atoms with Crippen LogP contribution >= 0.6 is 38.9 Å². The van der Waals surface area contributed by atoms with Gasteiger partial charge in [-0.3, -0.25) is 5.43 Å². The predicted molar refractivity (Wildman–Crippen MR) is 76.9 cm³/mol. The summed E-state index contributed by atoms with van der Waals surface area (Å²) in [5.41, 5.74) is 8.83. The van der Waals surface area contributed by atoms with Gasteiger partial charge in [0.1, 0.15) is 11.6 Å². The topological polar surface area (TPSA) is 63.3 Å². The first-order valence-electron chi connectivity index (χ1n) is 4.71. The highest BCUT2D eigenvalue weighted by Crippen LogP contribution is 2.23. The van der Waals surface area contributed by atoms with Crippen LogP contribution in [-0.2, 0) is 0 Å². The van der Waals surface area contributed by atoms with E-state index in [9.17, 15) is 4.39 Å². The fourth-order valence-electron chi connectivity index (χ4n) is 1.13. The van der Waals surface area contributed by atoms with Gasteiger partial charge in [-0.15, -0.1) is 11.3 Å². The maximum Gasteiger partial charge on any atom is 0.205 e. The van der Waals surface area contributed by atoms with E-state index in [1.807, 2.05) is 0 Å². The van der Waals surface area contributed by atoms with Crippen LogP contribution in [0.3, 0.4) is 0 Å². The smallest absolute Gasteiger partial charge is 0.205 e. The third kappa shape index (κ3) is 3.18. The largest absolute Gasteiger partial charge is 0.383 e.